The number of carbonyl (C=O) groups excluding carboxylic acids is 1. The number of piperazine rings is 1. The molecule has 1 unspecified atom stereocenters. The zero-order chi connectivity index (χ0) is 24.4. The molecule has 13 heteroatoms. The van der Waals surface area contributed by atoms with E-state index in [1.54, 1.807) is 35.6 Å². The van der Waals surface area contributed by atoms with Gasteiger partial charge in [-0.2, -0.15) is 9.29 Å². The Kier molecular flexibility index (Phi) is 6.26. The van der Waals surface area contributed by atoms with Crippen LogP contribution in [0.4, 0.5) is 5.82 Å². The number of imidazole rings is 1. The Morgan fingerprint density at radius 1 is 1.14 bits per heavy atom. The van der Waals surface area contributed by atoms with Crippen LogP contribution in [-0.2, 0) is 14.8 Å². The molecular formula is C22H25N7O5S. The van der Waals surface area contributed by atoms with E-state index in [1.807, 2.05) is 29.2 Å². The summed E-state index contributed by atoms with van der Waals surface area (Å²) in [5.41, 5.74) is 0. The Balaban J connectivity index is 1.25. The van der Waals surface area contributed by atoms with Crippen molar-refractivity contribution < 1.29 is 22.7 Å². The first-order chi connectivity index (χ1) is 16.9. The molecule has 1 atom stereocenters. The number of rotatable bonds is 7. The number of hydrogen-bond donors (Lipinski definition) is 1. The molecular weight excluding hydrogens is 474 g/mol. The molecule has 1 N–H and O–H groups in total. The summed E-state index contributed by atoms with van der Waals surface area (Å²) in [6.07, 6.45) is 7.58. The first-order valence-corrected chi connectivity index (χ1v) is 13.0. The molecule has 1 fully saturated rings. The molecule has 0 saturated carbocycles. The Morgan fingerprint density at radius 3 is 2.60 bits per heavy atom. The van der Waals surface area contributed by atoms with Crippen LogP contribution in [0.15, 0.2) is 55.2 Å². The number of fused-ring (bicyclic) bond motifs is 1. The summed E-state index contributed by atoms with van der Waals surface area (Å²) in [6.45, 7) is 0.968. The number of aromatic nitrogens is 4. The van der Waals surface area contributed by atoms with Crippen LogP contribution >= 0.6 is 0 Å². The zero-order valence-corrected chi connectivity index (χ0v) is 19.8. The summed E-state index contributed by atoms with van der Waals surface area (Å²) in [5.74, 6) is 1.97. The number of benzene rings is 1. The standard InChI is InChI=1S/C22H25N7O5S/c1-35(31,32)29-13-12-27(19-6-8-25-22(26-19)28-11-10-23-15-28)14-16(29)21(30)24-9-7-20-33-17-4-2-3-5-18(17)34-20/h2-6,8,10-11,15-16,20H,7,9,12-14H2,1H3,(H,24,30). The summed E-state index contributed by atoms with van der Waals surface area (Å²) in [5, 5.41) is 2.84. The highest BCUT2D eigenvalue weighted by molar-refractivity contribution is 7.88. The van der Waals surface area contributed by atoms with Gasteiger partial charge in [-0.3, -0.25) is 9.36 Å². The van der Waals surface area contributed by atoms with E-state index in [-0.39, 0.29) is 25.5 Å². The molecule has 1 aromatic carbocycles. The van der Waals surface area contributed by atoms with Gasteiger partial charge in [-0.05, 0) is 18.2 Å². The van der Waals surface area contributed by atoms with E-state index in [4.69, 9.17) is 9.47 Å². The second-order valence-corrected chi connectivity index (χ2v) is 10.1. The number of para-hydroxylation sites is 2. The normalized spacial score (nSPS) is 18.5. The summed E-state index contributed by atoms with van der Waals surface area (Å²) >= 11 is 0. The first kappa shape index (κ1) is 23.1. The van der Waals surface area contributed by atoms with Crippen LogP contribution in [0.1, 0.15) is 6.42 Å². The topological polar surface area (TPSA) is 132 Å². The highest BCUT2D eigenvalue weighted by atomic mass is 32.2. The number of amides is 1. The Morgan fingerprint density at radius 2 is 1.91 bits per heavy atom. The third kappa shape index (κ3) is 5.05. The molecule has 2 aromatic heterocycles. The van der Waals surface area contributed by atoms with Gasteiger partial charge in [0, 0.05) is 51.2 Å². The minimum atomic E-state index is -3.59. The molecule has 184 valence electrons. The lowest BCUT2D eigenvalue weighted by Crippen LogP contribution is -2.60. The lowest BCUT2D eigenvalue weighted by molar-refractivity contribution is -0.125. The van der Waals surface area contributed by atoms with Crippen molar-refractivity contribution in [1.29, 1.82) is 0 Å². The molecule has 4 heterocycles. The molecule has 35 heavy (non-hydrogen) atoms. The number of carbonyl (C=O) groups is 1. The van der Waals surface area contributed by atoms with E-state index in [0.717, 1.165) is 6.26 Å². The van der Waals surface area contributed by atoms with Crippen molar-refractivity contribution in [2.24, 2.45) is 0 Å². The number of hydrogen-bond acceptors (Lipinski definition) is 9. The number of anilines is 1. The average Bonchev–Trinajstić information content (AvgIpc) is 3.53. The fraction of sp³-hybridized carbons (Fsp3) is 0.364. The van der Waals surface area contributed by atoms with Crippen molar-refractivity contribution in [2.45, 2.75) is 18.8 Å². The van der Waals surface area contributed by atoms with Crippen molar-refractivity contribution in [3.8, 4) is 17.4 Å². The highest BCUT2D eigenvalue weighted by Gasteiger charge is 2.38. The minimum absolute atomic E-state index is 0.154. The maximum absolute atomic E-state index is 13.1. The van der Waals surface area contributed by atoms with Gasteiger partial charge in [-0.15, -0.1) is 0 Å². The third-order valence-corrected chi connectivity index (χ3v) is 7.08. The monoisotopic (exact) mass is 499 g/mol. The van der Waals surface area contributed by atoms with Crippen LogP contribution in [0.25, 0.3) is 5.95 Å². The zero-order valence-electron chi connectivity index (χ0n) is 19.0. The smallest absolute Gasteiger partial charge is 0.243 e. The summed E-state index contributed by atoms with van der Waals surface area (Å²) in [7, 11) is -3.59. The van der Waals surface area contributed by atoms with Crippen LogP contribution in [-0.4, -0.2) is 82.9 Å². The maximum Gasteiger partial charge on any atom is 0.243 e. The molecule has 3 aromatic rings. The van der Waals surface area contributed by atoms with Crippen LogP contribution in [0.3, 0.4) is 0 Å². The van der Waals surface area contributed by atoms with Gasteiger partial charge >= 0.3 is 0 Å². The number of ether oxygens (including phenoxy) is 2. The second kappa shape index (κ2) is 9.50. The van der Waals surface area contributed by atoms with Crippen molar-refractivity contribution >= 4 is 21.7 Å². The Labute approximate surface area is 202 Å². The number of nitrogens with one attached hydrogen (secondary N) is 1. The van der Waals surface area contributed by atoms with Gasteiger partial charge in [0.1, 0.15) is 18.2 Å². The summed E-state index contributed by atoms with van der Waals surface area (Å²) in [4.78, 5) is 27.8. The van der Waals surface area contributed by atoms with Gasteiger partial charge in [0.05, 0.1) is 6.26 Å². The minimum Gasteiger partial charge on any atom is -0.451 e. The lowest BCUT2D eigenvalue weighted by atomic mass is 10.2. The number of nitrogens with zero attached hydrogens (tertiary/aromatic N) is 6. The van der Waals surface area contributed by atoms with Gasteiger partial charge in [0.2, 0.25) is 28.2 Å². The van der Waals surface area contributed by atoms with Crippen LogP contribution in [0.2, 0.25) is 0 Å². The van der Waals surface area contributed by atoms with Crippen LogP contribution in [0, 0.1) is 0 Å². The molecule has 1 amide bonds. The molecule has 0 aliphatic carbocycles. The molecule has 5 rings (SSSR count). The molecule has 12 nitrogen and oxygen atoms in total. The Hall–Kier alpha value is -3.71. The SMILES string of the molecule is CS(=O)(=O)N1CCN(c2ccnc(-n3ccnc3)n2)CC1C(=O)NCCC1Oc2ccccc2O1. The van der Waals surface area contributed by atoms with Crippen LogP contribution < -0.4 is 19.7 Å². The predicted molar refractivity (Wildman–Crippen MR) is 126 cm³/mol. The molecule has 1 saturated heterocycles. The fourth-order valence-corrected chi connectivity index (χ4v) is 5.14. The molecule has 0 spiro atoms. The van der Waals surface area contributed by atoms with E-state index >= 15 is 0 Å². The molecule has 2 aliphatic heterocycles. The van der Waals surface area contributed by atoms with Gasteiger partial charge in [-0.1, -0.05) is 12.1 Å². The van der Waals surface area contributed by atoms with Crippen LogP contribution in [0.5, 0.6) is 11.5 Å². The fourth-order valence-electron chi connectivity index (χ4n) is 4.10. The Bertz CT molecular complexity index is 1280. The van der Waals surface area contributed by atoms with Gasteiger partial charge in [-0.25, -0.2) is 18.4 Å². The summed E-state index contributed by atoms with van der Waals surface area (Å²) < 4.78 is 39.2. The van der Waals surface area contributed by atoms with Gasteiger partial charge in [0.15, 0.2) is 11.5 Å². The second-order valence-electron chi connectivity index (χ2n) is 8.21. The quantitative estimate of drug-likeness (QED) is 0.491. The molecule has 0 radical (unpaired) electrons. The number of sulfonamides is 1. The van der Waals surface area contributed by atoms with Crippen molar-refractivity contribution in [1.82, 2.24) is 29.1 Å². The van der Waals surface area contributed by atoms with E-state index in [2.05, 4.69) is 20.3 Å². The van der Waals surface area contributed by atoms with E-state index < -0.39 is 22.4 Å². The van der Waals surface area contributed by atoms with Crippen molar-refractivity contribution in [2.75, 3.05) is 37.3 Å². The van der Waals surface area contributed by atoms with Crippen molar-refractivity contribution in [3.05, 3.63) is 55.2 Å². The third-order valence-electron chi connectivity index (χ3n) is 5.79. The predicted octanol–water partition coefficient (Wildman–Crippen LogP) is 0.416. The van der Waals surface area contributed by atoms with Gasteiger partial charge in [0.25, 0.3) is 0 Å². The van der Waals surface area contributed by atoms with Gasteiger partial charge < -0.3 is 19.7 Å². The molecule has 2 aliphatic rings. The van der Waals surface area contributed by atoms with E-state index in [0.29, 0.717) is 36.2 Å². The molecule has 0 bridgehead atoms. The van der Waals surface area contributed by atoms with E-state index in [1.165, 1.54) is 4.31 Å². The lowest BCUT2D eigenvalue weighted by Gasteiger charge is -2.39. The average molecular weight is 500 g/mol. The first-order valence-electron chi connectivity index (χ1n) is 11.1. The maximum atomic E-state index is 13.1. The summed E-state index contributed by atoms with van der Waals surface area (Å²) in [6, 6.07) is 8.18. The largest absolute Gasteiger partial charge is 0.451 e. The van der Waals surface area contributed by atoms with E-state index in [9.17, 15) is 13.2 Å². The highest BCUT2D eigenvalue weighted by Crippen LogP contribution is 2.34. The van der Waals surface area contributed by atoms with Crippen molar-refractivity contribution in [3.63, 3.8) is 0 Å².